The summed E-state index contributed by atoms with van der Waals surface area (Å²) in [6.07, 6.45) is 5.20. The highest BCUT2D eigenvalue weighted by Crippen LogP contribution is 2.25. The van der Waals surface area contributed by atoms with Crippen molar-refractivity contribution in [2.24, 2.45) is 5.41 Å². The molecule has 3 heteroatoms. The summed E-state index contributed by atoms with van der Waals surface area (Å²) in [6, 6.07) is 2.91. The molecule has 1 saturated heterocycles. The molecule has 0 spiro atoms. The molecule has 1 aliphatic rings. The van der Waals surface area contributed by atoms with Crippen molar-refractivity contribution in [1.82, 2.24) is 4.90 Å². The number of hydrogen-bond acceptors (Lipinski definition) is 3. The maximum atomic E-state index is 9.45. The van der Waals surface area contributed by atoms with E-state index in [1.165, 1.54) is 12.8 Å². The summed E-state index contributed by atoms with van der Waals surface area (Å²) < 4.78 is 0. The van der Waals surface area contributed by atoms with E-state index in [-0.39, 0.29) is 11.5 Å². The molecule has 0 aromatic heterocycles. The van der Waals surface area contributed by atoms with Gasteiger partial charge in [0.1, 0.15) is 0 Å². The summed E-state index contributed by atoms with van der Waals surface area (Å²) in [5.41, 5.74) is -0.195. The van der Waals surface area contributed by atoms with Crippen LogP contribution in [0.5, 0.6) is 0 Å². The van der Waals surface area contributed by atoms with E-state index in [4.69, 9.17) is 5.26 Å². The van der Waals surface area contributed by atoms with E-state index in [0.29, 0.717) is 6.04 Å². The summed E-state index contributed by atoms with van der Waals surface area (Å²) >= 11 is 0. The molecule has 1 rings (SSSR count). The smallest absolute Gasteiger partial charge is 0.0683 e. The molecule has 0 radical (unpaired) electrons. The van der Waals surface area contributed by atoms with E-state index >= 15 is 0 Å². The highest BCUT2D eigenvalue weighted by Gasteiger charge is 2.25. The molecular formula is C14H26N2O. The normalized spacial score (nSPS) is 23.6. The average molecular weight is 238 g/mol. The summed E-state index contributed by atoms with van der Waals surface area (Å²) in [6.45, 7) is 8.11. The van der Waals surface area contributed by atoms with Crippen molar-refractivity contribution in [2.75, 3.05) is 13.1 Å². The van der Waals surface area contributed by atoms with Crippen molar-refractivity contribution in [3.63, 3.8) is 0 Å². The Bertz CT molecular complexity index is 268. The Balaban J connectivity index is 2.29. The fourth-order valence-electron chi connectivity index (χ4n) is 2.63. The molecule has 2 unspecified atom stereocenters. The lowest BCUT2D eigenvalue weighted by Crippen LogP contribution is -2.33. The van der Waals surface area contributed by atoms with E-state index in [1.807, 2.05) is 20.8 Å². The van der Waals surface area contributed by atoms with Gasteiger partial charge in [-0.05, 0) is 66.0 Å². The Kier molecular flexibility index (Phi) is 5.42. The maximum absolute atomic E-state index is 9.45. The SMILES string of the molecule is CC(O)CC1CCCN1CCCC(C)(C)C#N. The van der Waals surface area contributed by atoms with Gasteiger partial charge in [0.2, 0.25) is 0 Å². The molecule has 0 amide bonds. The molecule has 0 saturated carbocycles. The first kappa shape index (κ1) is 14.5. The van der Waals surface area contributed by atoms with Crippen LogP contribution >= 0.6 is 0 Å². The minimum atomic E-state index is -0.198. The molecule has 98 valence electrons. The number of aliphatic hydroxyl groups excluding tert-OH is 1. The predicted molar refractivity (Wildman–Crippen MR) is 69.5 cm³/mol. The van der Waals surface area contributed by atoms with Crippen molar-refractivity contribution in [1.29, 1.82) is 5.26 Å². The zero-order valence-corrected chi connectivity index (χ0v) is 11.4. The molecule has 17 heavy (non-hydrogen) atoms. The second-order valence-electron chi connectivity index (χ2n) is 6.02. The Labute approximate surface area is 105 Å². The van der Waals surface area contributed by atoms with Crippen LogP contribution in [0.15, 0.2) is 0 Å². The van der Waals surface area contributed by atoms with Crippen LogP contribution in [0.25, 0.3) is 0 Å². The lowest BCUT2D eigenvalue weighted by Gasteiger charge is -2.26. The average Bonchev–Trinajstić information content (AvgIpc) is 2.65. The van der Waals surface area contributed by atoms with Gasteiger partial charge in [0, 0.05) is 6.04 Å². The Morgan fingerprint density at radius 2 is 2.24 bits per heavy atom. The van der Waals surface area contributed by atoms with Gasteiger partial charge < -0.3 is 10.0 Å². The number of hydrogen-bond donors (Lipinski definition) is 1. The van der Waals surface area contributed by atoms with Crippen molar-refractivity contribution < 1.29 is 5.11 Å². The molecule has 1 aliphatic heterocycles. The van der Waals surface area contributed by atoms with E-state index in [0.717, 1.165) is 32.4 Å². The van der Waals surface area contributed by atoms with Crippen LogP contribution in [0.3, 0.4) is 0 Å². The lowest BCUT2D eigenvalue weighted by molar-refractivity contribution is 0.131. The van der Waals surface area contributed by atoms with Gasteiger partial charge in [-0.25, -0.2) is 0 Å². The van der Waals surface area contributed by atoms with Crippen LogP contribution in [-0.2, 0) is 0 Å². The summed E-state index contributed by atoms with van der Waals surface area (Å²) in [4.78, 5) is 2.49. The highest BCUT2D eigenvalue weighted by atomic mass is 16.3. The van der Waals surface area contributed by atoms with Crippen LogP contribution in [0.1, 0.15) is 52.9 Å². The zero-order valence-electron chi connectivity index (χ0n) is 11.4. The molecule has 3 nitrogen and oxygen atoms in total. The van der Waals surface area contributed by atoms with E-state index < -0.39 is 0 Å². The third-order valence-electron chi connectivity index (χ3n) is 3.66. The molecule has 1 N–H and O–H groups in total. The minimum Gasteiger partial charge on any atom is -0.393 e. The molecule has 0 aromatic carbocycles. The van der Waals surface area contributed by atoms with Gasteiger partial charge in [-0.1, -0.05) is 0 Å². The van der Waals surface area contributed by atoms with Gasteiger partial charge in [0.25, 0.3) is 0 Å². The fraction of sp³-hybridized carbons (Fsp3) is 0.929. The lowest BCUT2D eigenvalue weighted by atomic mass is 9.90. The number of aliphatic hydroxyl groups is 1. The summed E-state index contributed by atoms with van der Waals surface area (Å²) in [5, 5.41) is 18.4. The van der Waals surface area contributed by atoms with E-state index in [9.17, 15) is 5.11 Å². The predicted octanol–water partition coefficient (Wildman–Crippen LogP) is 2.55. The molecular weight excluding hydrogens is 212 g/mol. The third-order valence-corrected chi connectivity index (χ3v) is 3.66. The van der Waals surface area contributed by atoms with Gasteiger partial charge in [-0.2, -0.15) is 5.26 Å². The number of rotatable bonds is 6. The Morgan fingerprint density at radius 1 is 1.53 bits per heavy atom. The molecule has 1 fully saturated rings. The number of nitriles is 1. The molecule has 0 bridgehead atoms. The van der Waals surface area contributed by atoms with Crippen LogP contribution in [0.2, 0.25) is 0 Å². The van der Waals surface area contributed by atoms with Gasteiger partial charge in [-0.3, -0.25) is 0 Å². The first-order chi connectivity index (χ1) is 7.94. The topological polar surface area (TPSA) is 47.3 Å². The van der Waals surface area contributed by atoms with Gasteiger partial charge in [0.05, 0.1) is 17.6 Å². The second kappa shape index (κ2) is 6.37. The van der Waals surface area contributed by atoms with Gasteiger partial charge in [0.15, 0.2) is 0 Å². The Hall–Kier alpha value is -0.590. The number of likely N-dealkylation sites (tertiary alicyclic amines) is 1. The largest absolute Gasteiger partial charge is 0.393 e. The first-order valence-corrected chi connectivity index (χ1v) is 6.78. The van der Waals surface area contributed by atoms with Crippen molar-refractivity contribution in [2.45, 2.75) is 65.0 Å². The summed E-state index contributed by atoms with van der Waals surface area (Å²) in [7, 11) is 0. The monoisotopic (exact) mass is 238 g/mol. The van der Waals surface area contributed by atoms with E-state index in [2.05, 4.69) is 11.0 Å². The molecule has 0 aromatic rings. The van der Waals surface area contributed by atoms with Crippen LogP contribution in [-0.4, -0.2) is 35.2 Å². The summed E-state index contributed by atoms with van der Waals surface area (Å²) in [5.74, 6) is 0. The van der Waals surface area contributed by atoms with Crippen LogP contribution < -0.4 is 0 Å². The zero-order chi connectivity index (χ0) is 12.9. The van der Waals surface area contributed by atoms with Crippen LogP contribution in [0, 0.1) is 16.7 Å². The van der Waals surface area contributed by atoms with Crippen molar-refractivity contribution in [3.05, 3.63) is 0 Å². The standard InChI is InChI=1S/C14H26N2O/c1-12(17)10-13-6-4-8-16(13)9-5-7-14(2,3)11-15/h12-13,17H,4-10H2,1-3H3. The fourth-order valence-corrected chi connectivity index (χ4v) is 2.63. The van der Waals surface area contributed by atoms with Crippen molar-refractivity contribution >= 4 is 0 Å². The van der Waals surface area contributed by atoms with E-state index in [1.54, 1.807) is 0 Å². The van der Waals surface area contributed by atoms with Gasteiger partial charge >= 0.3 is 0 Å². The second-order valence-corrected chi connectivity index (χ2v) is 6.02. The minimum absolute atomic E-state index is 0.195. The third kappa shape index (κ3) is 5.06. The Morgan fingerprint density at radius 3 is 2.82 bits per heavy atom. The molecule has 0 aliphatic carbocycles. The number of nitrogens with zero attached hydrogens (tertiary/aromatic N) is 2. The first-order valence-electron chi connectivity index (χ1n) is 6.78. The maximum Gasteiger partial charge on any atom is 0.0683 e. The quantitative estimate of drug-likeness (QED) is 0.773. The molecule has 2 atom stereocenters. The van der Waals surface area contributed by atoms with Crippen LogP contribution in [0.4, 0.5) is 0 Å². The van der Waals surface area contributed by atoms with Gasteiger partial charge in [-0.15, -0.1) is 0 Å². The molecule has 1 heterocycles. The highest BCUT2D eigenvalue weighted by molar-refractivity contribution is 4.91. The van der Waals surface area contributed by atoms with Crippen molar-refractivity contribution in [3.8, 4) is 6.07 Å².